The van der Waals surface area contributed by atoms with E-state index in [1.54, 1.807) is 25.3 Å². The molecule has 0 aliphatic carbocycles. The molecule has 0 unspecified atom stereocenters. The summed E-state index contributed by atoms with van der Waals surface area (Å²) in [6.07, 6.45) is 3.07. The normalized spacial score (nSPS) is 11.4. The summed E-state index contributed by atoms with van der Waals surface area (Å²) in [4.78, 5) is 16.7. The molecule has 0 saturated heterocycles. The van der Waals surface area contributed by atoms with Crippen molar-refractivity contribution in [2.45, 2.75) is 20.8 Å². The number of aromatic hydroxyl groups is 1. The zero-order valence-electron chi connectivity index (χ0n) is 14.8. The molecule has 3 aromatic rings. The minimum absolute atomic E-state index is 0.176. The van der Waals surface area contributed by atoms with Gasteiger partial charge in [0, 0.05) is 17.8 Å². The summed E-state index contributed by atoms with van der Waals surface area (Å²) in [5.41, 5.74) is 7.41. The molecule has 0 spiro atoms. The molecule has 2 N–H and O–H groups in total. The average Bonchev–Trinajstić information content (AvgIpc) is 3.04. The first-order chi connectivity index (χ1) is 12.5. The first-order valence-corrected chi connectivity index (χ1v) is 8.98. The second kappa shape index (κ2) is 7.49. The van der Waals surface area contributed by atoms with E-state index in [2.05, 4.69) is 28.5 Å². The lowest BCUT2D eigenvalue weighted by Gasteiger charge is -2.05. The van der Waals surface area contributed by atoms with Crippen LogP contribution < -0.4 is 5.43 Å². The van der Waals surface area contributed by atoms with Gasteiger partial charge in [-0.1, -0.05) is 18.2 Å². The van der Waals surface area contributed by atoms with Crippen LogP contribution in [0.15, 0.2) is 53.2 Å². The van der Waals surface area contributed by atoms with Gasteiger partial charge in [0.2, 0.25) is 0 Å². The summed E-state index contributed by atoms with van der Waals surface area (Å²) in [6.45, 7) is 5.85. The van der Waals surface area contributed by atoms with Crippen molar-refractivity contribution in [1.82, 2.24) is 10.4 Å². The smallest absolute Gasteiger partial charge is 0.272 e. The average molecular weight is 365 g/mol. The van der Waals surface area contributed by atoms with Crippen LogP contribution in [0.25, 0.3) is 10.4 Å². The summed E-state index contributed by atoms with van der Waals surface area (Å²) in [7, 11) is 0. The highest BCUT2D eigenvalue weighted by atomic mass is 32.1. The second-order valence-electron chi connectivity index (χ2n) is 6.01. The fourth-order valence-corrected chi connectivity index (χ4v) is 3.45. The van der Waals surface area contributed by atoms with Crippen LogP contribution in [0.5, 0.6) is 5.75 Å². The Bertz CT molecular complexity index is 978. The lowest BCUT2D eigenvalue weighted by Crippen LogP contribution is -2.19. The Morgan fingerprint density at radius 2 is 2.04 bits per heavy atom. The quantitative estimate of drug-likeness (QED) is 0.535. The van der Waals surface area contributed by atoms with E-state index in [-0.39, 0.29) is 11.7 Å². The molecule has 0 atom stereocenters. The number of hydrazone groups is 1. The molecule has 3 rings (SSSR count). The Morgan fingerprint density at radius 3 is 2.73 bits per heavy atom. The lowest BCUT2D eigenvalue weighted by atomic mass is 10.0. The van der Waals surface area contributed by atoms with Gasteiger partial charge in [-0.05, 0) is 49.6 Å². The maximum Gasteiger partial charge on any atom is 0.272 e. The number of nitrogens with zero attached hydrogens (tertiary/aromatic N) is 2. The van der Waals surface area contributed by atoms with Gasteiger partial charge in [0.05, 0.1) is 21.7 Å². The van der Waals surface area contributed by atoms with E-state index in [0.29, 0.717) is 16.8 Å². The highest BCUT2D eigenvalue weighted by Gasteiger charge is 2.15. The van der Waals surface area contributed by atoms with Gasteiger partial charge >= 0.3 is 0 Å². The number of benzene rings is 1. The maximum atomic E-state index is 12.0. The summed E-state index contributed by atoms with van der Waals surface area (Å²) in [5, 5.41) is 16.6. The van der Waals surface area contributed by atoms with Crippen molar-refractivity contribution >= 4 is 23.0 Å². The van der Waals surface area contributed by atoms with Crippen LogP contribution in [0, 0.1) is 13.8 Å². The molecule has 0 aliphatic heterocycles. The Balaban J connectivity index is 1.82. The largest absolute Gasteiger partial charge is 0.506 e. The number of aryl methyl sites for hydroxylation is 2. The van der Waals surface area contributed by atoms with Gasteiger partial charge in [0.25, 0.3) is 5.91 Å². The summed E-state index contributed by atoms with van der Waals surface area (Å²) in [5.74, 6) is -0.170. The van der Waals surface area contributed by atoms with Crippen LogP contribution in [0.1, 0.15) is 34.0 Å². The third-order valence-electron chi connectivity index (χ3n) is 4.17. The van der Waals surface area contributed by atoms with Gasteiger partial charge in [-0.25, -0.2) is 5.43 Å². The van der Waals surface area contributed by atoms with E-state index in [0.717, 1.165) is 10.4 Å². The standard InChI is InChI=1S/C20H19N3O2S/c1-12-6-7-15(9-13(12)2)19-18(24)17(11-26-19)14(3)22-23-20(25)16-5-4-8-21-10-16/h4-11,24H,1-3H3,(H,23,25)/b22-14+. The van der Waals surface area contributed by atoms with Crippen molar-refractivity contribution in [1.29, 1.82) is 0 Å². The van der Waals surface area contributed by atoms with Crippen LogP contribution in [-0.2, 0) is 0 Å². The number of aromatic nitrogens is 1. The SMILES string of the molecule is C/C(=N\NC(=O)c1cccnc1)c1csc(-c2ccc(C)c(C)c2)c1O. The monoisotopic (exact) mass is 365 g/mol. The molecule has 2 aromatic heterocycles. The molecule has 0 aliphatic rings. The van der Waals surface area contributed by atoms with Gasteiger partial charge < -0.3 is 5.11 Å². The number of carbonyl (C=O) groups excluding carboxylic acids is 1. The van der Waals surface area contributed by atoms with E-state index in [9.17, 15) is 9.90 Å². The van der Waals surface area contributed by atoms with Crippen molar-refractivity contribution in [2.24, 2.45) is 5.10 Å². The van der Waals surface area contributed by atoms with Gasteiger partial charge in [0.15, 0.2) is 0 Å². The molecule has 0 bridgehead atoms. The molecule has 0 fully saturated rings. The number of nitrogens with one attached hydrogen (secondary N) is 1. The predicted molar refractivity (Wildman–Crippen MR) is 105 cm³/mol. The number of pyridine rings is 1. The molecule has 0 radical (unpaired) electrons. The molecule has 132 valence electrons. The topological polar surface area (TPSA) is 74.6 Å². The number of carbonyl (C=O) groups is 1. The number of hydrogen-bond donors (Lipinski definition) is 2. The van der Waals surface area contributed by atoms with Crippen LogP contribution in [0.4, 0.5) is 0 Å². The Labute approximate surface area is 156 Å². The van der Waals surface area contributed by atoms with E-state index in [1.165, 1.54) is 28.7 Å². The maximum absolute atomic E-state index is 12.0. The summed E-state index contributed by atoms with van der Waals surface area (Å²) in [6, 6.07) is 9.44. The molecule has 0 saturated carbocycles. The molecule has 2 heterocycles. The lowest BCUT2D eigenvalue weighted by molar-refractivity contribution is 0.0954. The minimum Gasteiger partial charge on any atom is -0.506 e. The highest BCUT2D eigenvalue weighted by molar-refractivity contribution is 7.14. The van der Waals surface area contributed by atoms with Gasteiger partial charge in [-0.2, -0.15) is 5.10 Å². The van der Waals surface area contributed by atoms with E-state index in [1.807, 2.05) is 24.4 Å². The number of thiophene rings is 1. The second-order valence-corrected chi connectivity index (χ2v) is 6.89. The Morgan fingerprint density at radius 1 is 1.23 bits per heavy atom. The molecule has 5 nitrogen and oxygen atoms in total. The molecule has 26 heavy (non-hydrogen) atoms. The number of rotatable bonds is 4. The third-order valence-corrected chi connectivity index (χ3v) is 5.19. The van der Waals surface area contributed by atoms with Crippen molar-refractivity contribution in [2.75, 3.05) is 0 Å². The Hall–Kier alpha value is -2.99. The van der Waals surface area contributed by atoms with Gasteiger partial charge in [-0.3, -0.25) is 9.78 Å². The molecule has 6 heteroatoms. The fraction of sp³-hybridized carbons (Fsp3) is 0.150. The molecule has 1 aromatic carbocycles. The van der Waals surface area contributed by atoms with Gasteiger partial charge in [0.1, 0.15) is 5.75 Å². The van der Waals surface area contributed by atoms with Crippen LogP contribution >= 0.6 is 11.3 Å². The third kappa shape index (κ3) is 3.65. The fourth-order valence-electron chi connectivity index (χ4n) is 2.45. The van der Waals surface area contributed by atoms with Crippen molar-refractivity contribution in [3.63, 3.8) is 0 Å². The van der Waals surface area contributed by atoms with Crippen molar-refractivity contribution in [3.8, 4) is 16.2 Å². The first kappa shape index (κ1) is 17.8. The Kier molecular flexibility index (Phi) is 5.14. The summed E-state index contributed by atoms with van der Waals surface area (Å²) >= 11 is 1.45. The zero-order valence-corrected chi connectivity index (χ0v) is 15.6. The molecular formula is C20H19N3O2S. The number of hydrogen-bond acceptors (Lipinski definition) is 5. The highest BCUT2D eigenvalue weighted by Crippen LogP contribution is 2.39. The van der Waals surface area contributed by atoms with Gasteiger partial charge in [-0.15, -0.1) is 11.3 Å². The van der Waals surface area contributed by atoms with Crippen molar-refractivity contribution < 1.29 is 9.90 Å². The summed E-state index contributed by atoms with van der Waals surface area (Å²) < 4.78 is 0. The van der Waals surface area contributed by atoms with E-state index < -0.39 is 0 Å². The zero-order chi connectivity index (χ0) is 18.7. The van der Waals surface area contributed by atoms with E-state index >= 15 is 0 Å². The minimum atomic E-state index is -0.346. The van der Waals surface area contributed by atoms with Crippen LogP contribution in [0.3, 0.4) is 0 Å². The molecular weight excluding hydrogens is 346 g/mol. The van der Waals surface area contributed by atoms with Crippen LogP contribution in [0.2, 0.25) is 0 Å². The molecule has 1 amide bonds. The van der Waals surface area contributed by atoms with E-state index in [4.69, 9.17) is 0 Å². The number of amides is 1. The predicted octanol–water partition coefficient (Wildman–Crippen LogP) is 4.29. The van der Waals surface area contributed by atoms with Crippen LogP contribution in [-0.4, -0.2) is 21.7 Å². The first-order valence-electron chi connectivity index (χ1n) is 8.10. The van der Waals surface area contributed by atoms with Crippen molar-refractivity contribution in [3.05, 3.63) is 70.4 Å².